The molecule has 1 aromatic carbocycles. The van der Waals surface area contributed by atoms with Gasteiger partial charge in [-0.05, 0) is 32.0 Å². The molecule has 10 nitrogen and oxygen atoms in total. The van der Waals surface area contributed by atoms with Crippen molar-refractivity contribution in [3.8, 4) is 45.7 Å². The number of aromatic nitrogens is 3. The zero-order valence-corrected chi connectivity index (χ0v) is 18.5. The minimum atomic E-state index is -0.250. The summed E-state index contributed by atoms with van der Waals surface area (Å²) in [5.74, 6) is 1.60. The van der Waals surface area contributed by atoms with Crippen molar-refractivity contribution in [2.24, 2.45) is 0 Å². The van der Waals surface area contributed by atoms with Crippen LogP contribution in [0.15, 0.2) is 24.4 Å². The minimum absolute atomic E-state index is 0.139. The number of anilines is 1. The summed E-state index contributed by atoms with van der Waals surface area (Å²) in [5.41, 5.74) is 10.1. The number of carboxylic acid groups (broad SMARTS) is 1. The van der Waals surface area contributed by atoms with E-state index < -0.39 is 0 Å². The molecular formula is C22H25N5O5. The molecule has 3 rings (SSSR count). The van der Waals surface area contributed by atoms with Gasteiger partial charge in [-0.2, -0.15) is 10.4 Å². The van der Waals surface area contributed by atoms with Crippen molar-refractivity contribution in [1.82, 2.24) is 14.8 Å². The Morgan fingerprint density at radius 3 is 2.31 bits per heavy atom. The molecule has 0 aliphatic rings. The first-order valence-corrected chi connectivity index (χ1v) is 9.52. The molecule has 0 unspecified atom stereocenters. The number of nitrogen functional groups attached to an aromatic ring is 1. The molecule has 2 aromatic heterocycles. The molecule has 0 amide bonds. The molecule has 0 spiro atoms. The molecule has 0 bridgehead atoms. The summed E-state index contributed by atoms with van der Waals surface area (Å²) in [5, 5.41) is 20.9. The van der Waals surface area contributed by atoms with Crippen LogP contribution in [-0.4, -0.2) is 47.7 Å². The smallest absolute Gasteiger partial charge is 0.290 e. The number of hydrogen-bond acceptors (Lipinski definition) is 8. The molecule has 32 heavy (non-hydrogen) atoms. The Kier molecular flexibility index (Phi) is 8.01. The molecule has 0 fully saturated rings. The lowest BCUT2D eigenvalue weighted by molar-refractivity contribution is -0.122. The third-order valence-corrected chi connectivity index (χ3v) is 4.83. The molecule has 0 radical (unpaired) electrons. The molecular weight excluding hydrogens is 414 g/mol. The molecule has 0 aliphatic carbocycles. The molecule has 10 heteroatoms. The van der Waals surface area contributed by atoms with E-state index in [2.05, 4.69) is 16.2 Å². The summed E-state index contributed by atoms with van der Waals surface area (Å²) in [6.45, 7) is 4.45. The molecule has 2 heterocycles. The molecule has 3 aromatic rings. The molecule has 0 atom stereocenters. The Hall–Kier alpha value is -4.26. The zero-order chi connectivity index (χ0) is 23.8. The lowest BCUT2D eigenvalue weighted by Gasteiger charge is -2.16. The number of methoxy groups -OCH3 is 3. The summed E-state index contributed by atoms with van der Waals surface area (Å²) >= 11 is 0. The first-order valence-electron chi connectivity index (χ1n) is 9.52. The average Bonchev–Trinajstić information content (AvgIpc) is 3.17. The number of hydrogen-bond donors (Lipinski definition) is 2. The molecule has 0 saturated heterocycles. The number of benzene rings is 1. The monoisotopic (exact) mass is 439 g/mol. The van der Waals surface area contributed by atoms with Crippen LogP contribution >= 0.6 is 0 Å². The van der Waals surface area contributed by atoms with Crippen LogP contribution in [0, 0.1) is 18.3 Å². The van der Waals surface area contributed by atoms with E-state index in [0.717, 1.165) is 17.8 Å². The topological polar surface area (TPSA) is 146 Å². The third kappa shape index (κ3) is 4.41. The number of carbonyl (C=O) groups is 1. The maximum absolute atomic E-state index is 9.67. The van der Waals surface area contributed by atoms with Crippen LogP contribution in [-0.2, 0) is 11.3 Å². The summed E-state index contributed by atoms with van der Waals surface area (Å²) < 4.78 is 18.3. The van der Waals surface area contributed by atoms with E-state index in [1.807, 2.05) is 30.7 Å². The number of ether oxygens (including phenoxy) is 3. The highest BCUT2D eigenvalue weighted by Gasteiger charge is 2.22. The van der Waals surface area contributed by atoms with Gasteiger partial charge in [0.2, 0.25) is 5.75 Å². The van der Waals surface area contributed by atoms with Gasteiger partial charge in [-0.25, -0.2) is 4.98 Å². The normalized spacial score (nSPS) is 9.88. The lowest BCUT2D eigenvalue weighted by atomic mass is 9.98. The SMILES string of the molecule is CCn1ncc(-c2cc(-c3ccc(OC)c(OC)c3OC)nc(N)c2C#N)c1C.O=CO. The number of aryl methyl sites for hydroxylation is 1. The van der Waals surface area contributed by atoms with Gasteiger partial charge >= 0.3 is 0 Å². The number of rotatable bonds is 6. The van der Waals surface area contributed by atoms with Gasteiger partial charge in [-0.1, -0.05) is 0 Å². The van der Waals surface area contributed by atoms with Gasteiger partial charge in [0.1, 0.15) is 17.5 Å². The Morgan fingerprint density at radius 2 is 1.81 bits per heavy atom. The Bertz CT molecular complexity index is 1150. The van der Waals surface area contributed by atoms with Crippen LogP contribution in [0.25, 0.3) is 22.4 Å². The van der Waals surface area contributed by atoms with Crippen LogP contribution in [0.3, 0.4) is 0 Å². The lowest BCUT2D eigenvalue weighted by Crippen LogP contribution is -2.03. The second-order valence-corrected chi connectivity index (χ2v) is 6.37. The van der Waals surface area contributed by atoms with Crippen molar-refractivity contribution in [3.63, 3.8) is 0 Å². The van der Waals surface area contributed by atoms with Gasteiger partial charge in [0.05, 0.1) is 33.2 Å². The van der Waals surface area contributed by atoms with Crippen molar-refractivity contribution in [2.45, 2.75) is 20.4 Å². The number of nitriles is 1. The second-order valence-electron chi connectivity index (χ2n) is 6.37. The first-order chi connectivity index (χ1) is 15.4. The van der Waals surface area contributed by atoms with Crippen LogP contribution < -0.4 is 19.9 Å². The Morgan fingerprint density at radius 1 is 1.16 bits per heavy atom. The number of nitrogens with two attached hydrogens (primary N) is 1. The van der Waals surface area contributed by atoms with Gasteiger partial charge in [0, 0.05) is 28.9 Å². The van der Waals surface area contributed by atoms with E-state index in [1.165, 1.54) is 0 Å². The fourth-order valence-electron chi connectivity index (χ4n) is 3.37. The standard InChI is InChI=1S/C21H23N5O3.CH2O2/c1-6-26-12(2)16(11-24-26)14-9-17(25-21(23)15(14)10-22)13-7-8-18(27-3)20(29-5)19(13)28-4;2-1-3/h7-9,11H,6H2,1-5H3,(H2,23,25);1H,(H,2,3). The van der Waals surface area contributed by atoms with Crippen LogP contribution in [0.4, 0.5) is 5.82 Å². The average molecular weight is 439 g/mol. The third-order valence-electron chi connectivity index (χ3n) is 4.83. The van der Waals surface area contributed by atoms with Crippen LogP contribution in [0.2, 0.25) is 0 Å². The van der Waals surface area contributed by atoms with E-state index >= 15 is 0 Å². The van der Waals surface area contributed by atoms with E-state index in [0.29, 0.717) is 39.6 Å². The minimum Gasteiger partial charge on any atom is -0.493 e. The predicted molar refractivity (Wildman–Crippen MR) is 119 cm³/mol. The van der Waals surface area contributed by atoms with Crippen LogP contribution in [0.5, 0.6) is 17.2 Å². The van der Waals surface area contributed by atoms with Crippen molar-refractivity contribution < 1.29 is 24.1 Å². The summed E-state index contributed by atoms with van der Waals surface area (Å²) in [4.78, 5) is 12.8. The second kappa shape index (κ2) is 10.7. The summed E-state index contributed by atoms with van der Waals surface area (Å²) in [6, 6.07) is 7.58. The largest absolute Gasteiger partial charge is 0.493 e. The fourth-order valence-corrected chi connectivity index (χ4v) is 3.37. The van der Waals surface area contributed by atoms with E-state index in [4.69, 9.17) is 29.8 Å². The molecule has 3 N–H and O–H groups in total. The van der Waals surface area contributed by atoms with Crippen molar-refractivity contribution >= 4 is 12.3 Å². The summed E-state index contributed by atoms with van der Waals surface area (Å²) in [7, 11) is 4.64. The highest BCUT2D eigenvalue weighted by Crippen LogP contribution is 2.45. The maximum atomic E-state index is 9.67. The quantitative estimate of drug-likeness (QED) is 0.553. The fraction of sp³-hybridized carbons (Fsp3) is 0.273. The predicted octanol–water partition coefficient (Wildman–Crippen LogP) is 3.12. The maximum Gasteiger partial charge on any atom is 0.290 e. The number of nitrogens with zero attached hydrogens (tertiary/aromatic N) is 4. The van der Waals surface area contributed by atoms with Gasteiger partial charge < -0.3 is 25.1 Å². The van der Waals surface area contributed by atoms with Gasteiger partial charge in [-0.3, -0.25) is 9.48 Å². The molecule has 0 saturated carbocycles. The Balaban J connectivity index is 0.00000114. The van der Waals surface area contributed by atoms with E-state index in [-0.39, 0.29) is 12.3 Å². The van der Waals surface area contributed by atoms with Gasteiger partial charge in [0.25, 0.3) is 6.47 Å². The molecule has 0 aliphatic heterocycles. The van der Waals surface area contributed by atoms with Gasteiger partial charge in [0.15, 0.2) is 11.5 Å². The van der Waals surface area contributed by atoms with E-state index in [1.54, 1.807) is 33.6 Å². The molecule has 168 valence electrons. The first kappa shape index (κ1) is 24.0. The zero-order valence-electron chi connectivity index (χ0n) is 18.5. The van der Waals surface area contributed by atoms with Gasteiger partial charge in [-0.15, -0.1) is 0 Å². The Labute approximate surface area is 185 Å². The van der Waals surface area contributed by atoms with Crippen LogP contribution in [0.1, 0.15) is 18.2 Å². The van der Waals surface area contributed by atoms with Crippen molar-refractivity contribution in [1.29, 1.82) is 5.26 Å². The highest BCUT2D eigenvalue weighted by molar-refractivity contribution is 5.83. The van der Waals surface area contributed by atoms with Crippen molar-refractivity contribution in [2.75, 3.05) is 27.1 Å². The summed E-state index contributed by atoms with van der Waals surface area (Å²) in [6.07, 6.45) is 1.74. The highest BCUT2D eigenvalue weighted by atomic mass is 16.5. The van der Waals surface area contributed by atoms with Crippen molar-refractivity contribution in [3.05, 3.63) is 35.7 Å². The number of pyridine rings is 1. The van der Waals surface area contributed by atoms with E-state index in [9.17, 15) is 5.26 Å².